The molecule has 0 aromatic heterocycles. The zero-order valence-corrected chi connectivity index (χ0v) is 16.3. The van der Waals surface area contributed by atoms with Gasteiger partial charge in [0.2, 0.25) is 0 Å². The van der Waals surface area contributed by atoms with Crippen LogP contribution in [-0.2, 0) is 9.63 Å². The van der Waals surface area contributed by atoms with E-state index in [2.05, 4.69) is 43.2 Å². The van der Waals surface area contributed by atoms with Gasteiger partial charge in [0.15, 0.2) is 6.10 Å². The highest BCUT2D eigenvalue weighted by molar-refractivity contribution is 6.21. The number of carbonyl (C=O) groups is 1. The summed E-state index contributed by atoms with van der Waals surface area (Å²) >= 11 is 0. The van der Waals surface area contributed by atoms with E-state index in [0.717, 1.165) is 28.0 Å². The number of hydrogen-bond donors (Lipinski definition) is 0. The highest BCUT2D eigenvalue weighted by Crippen LogP contribution is 2.33. The van der Waals surface area contributed by atoms with Crippen LogP contribution in [0, 0.1) is 33.6 Å². The third-order valence-corrected chi connectivity index (χ3v) is 5.25. The van der Waals surface area contributed by atoms with Gasteiger partial charge in [-0.25, -0.2) is 5.01 Å². The van der Waals surface area contributed by atoms with E-state index < -0.39 is 12.0 Å². The normalized spacial score (nSPS) is 21.5. The molecule has 4 rings (SSSR count). The third kappa shape index (κ3) is 2.83. The molecule has 138 valence electrons. The minimum absolute atomic E-state index is 0.0912. The zero-order valence-electron chi connectivity index (χ0n) is 16.3. The smallest absolute Gasteiger partial charge is 0.256 e. The largest absolute Gasteiger partial charge is 0.384 e. The van der Waals surface area contributed by atoms with E-state index in [4.69, 9.17) is 4.84 Å². The number of oxime groups is 1. The van der Waals surface area contributed by atoms with Crippen molar-refractivity contribution < 1.29 is 9.63 Å². The number of amides is 1. The molecule has 5 heteroatoms. The van der Waals surface area contributed by atoms with Crippen LogP contribution in [0.1, 0.15) is 33.4 Å². The van der Waals surface area contributed by atoms with E-state index in [1.54, 1.807) is 7.05 Å². The standard InChI is InChI=1S/C22H23N3O2/c1-12-6-8-16(9-7-12)19-21-18(22(26)25(5)23-19)20(24-27-21)17-14(3)10-13(2)11-15(17)4/h6-11,18,21H,1-5H3. The number of aryl methyl sites for hydroxylation is 4. The van der Waals surface area contributed by atoms with Crippen molar-refractivity contribution in [2.75, 3.05) is 7.05 Å². The van der Waals surface area contributed by atoms with E-state index in [1.165, 1.54) is 16.1 Å². The minimum atomic E-state index is -0.494. The van der Waals surface area contributed by atoms with Gasteiger partial charge in [-0.2, -0.15) is 5.10 Å². The second kappa shape index (κ2) is 6.34. The molecule has 2 unspecified atom stereocenters. The van der Waals surface area contributed by atoms with Crippen molar-refractivity contribution in [1.29, 1.82) is 0 Å². The molecule has 0 fully saturated rings. The molecule has 2 aromatic carbocycles. The number of hydrogen-bond acceptors (Lipinski definition) is 4. The van der Waals surface area contributed by atoms with Gasteiger partial charge in [-0.15, -0.1) is 0 Å². The van der Waals surface area contributed by atoms with Crippen LogP contribution in [0.15, 0.2) is 46.7 Å². The summed E-state index contributed by atoms with van der Waals surface area (Å²) < 4.78 is 0. The number of rotatable bonds is 2. The Morgan fingerprint density at radius 1 is 0.926 bits per heavy atom. The van der Waals surface area contributed by atoms with Crippen molar-refractivity contribution in [3.05, 3.63) is 69.8 Å². The van der Waals surface area contributed by atoms with Crippen molar-refractivity contribution >= 4 is 17.3 Å². The van der Waals surface area contributed by atoms with Gasteiger partial charge in [0.1, 0.15) is 17.3 Å². The fraction of sp³-hybridized carbons (Fsp3) is 0.318. The van der Waals surface area contributed by atoms with Crippen LogP contribution in [0.4, 0.5) is 0 Å². The van der Waals surface area contributed by atoms with Crippen molar-refractivity contribution in [2.45, 2.75) is 33.8 Å². The summed E-state index contributed by atoms with van der Waals surface area (Å²) in [7, 11) is 1.69. The Kier molecular flexibility index (Phi) is 4.10. The van der Waals surface area contributed by atoms with Gasteiger partial charge in [0, 0.05) is 18.2 Å². The van der Waals surface area contributed by atoms with Crippen LogP contribution >= 0.6 is 0 Å². The molecule has 2 aliphatic rings. The molecular formula is C22H23N3O2. The van der Waals surface area contributed by atoms with Gasteiger partial charge in [0.05, 0.1) is 0 Å². The average molecular weight is 361 g/mol. The SMILES string of the molecule is Cc1ccc(C2=NN(C)C(=O)C3C(c4c(C)cc(C)cc4C)=NOC23)cc1. The summed E-state index contributed by atoms with van der Waals surface area (Å²) in [6, 6.07) is 12.3. The quantitative estimate of drug-likeness (QED) is 0.822. The van der Waals surface area contributed by atoms with Crippen molar-refractivity contribution in [3.8, 4) is 0 Å². The van der Waals surface area contributed by atoms with Gasteiger partial charge >= 0.3 is 0 Å². The molecule has 1 amide bonds. The number of benzene rings is 2. The molecule has 2 atom stereocenters. The van der Waals surface area contributed by atoms with Gasteiger partial charge in [-0.3, -0.25) is 4.79 Å². The molecule has 0 saturated carbocycles. The van der Waals surface area contributed by atoms with E-state index in [0.29, 0.717) is 5.71 Å². The predicted octanol–water partition coefficient (Wildman–Crippen LogP) is 3.52. The molecule has 0 saturated heterocycles. The molecule has 2 heterocycles. The van der Waals surface area contributed by atoms with Crippen LogP contribution in [0.5, 0.6) is 0 Å². The maximum Gasteiger partial charge on any atom is 0.256 e. The molecule has 0 spiro atoms. The molecule has 2 aliphatic heterocycles. The van der Waals surface area contributed by atoms with E-state index >= 15 is 0 Å². The van der Waals surface area contributed by atoms with Gasteiger partial charge < -0.3 is 4.84 Å². The Bertz CT molecular complexity index is 966. The van der Waals surface area contributed by atoms with Crippen LogP contribution in [0.25, 0.3) is 0 Å². The monoisotopic (exact) mass is 361 g/mol. The third-order valence-electron chi connectivity index (χ3n) is 5.25. The van der Waals surface area contributed by atoms with E-state index in [-0.39, 0.29) is 5.91 Å². The Hall–Kier alpha value is -2.95. The first-order valence-corrected chi connectivity index (χ1v) is 9.12. The summed E-state index contributed by atoms with van der Waals surface area (Å²) in [4.78, 5) is 18.8. The lowest BCUT2D eigenvalue weighted by Crippen LogP contribution is -2.48. The number of carbonyl (C=O) groups excluding carboxylic acids is 1. The Balaban J connectivity index is 1.79. The molecule has 0 bridgehead atoms. The lowest BCUT2D eigenvalue weighted by molar-refractivity contribution is -0.134. The second-order valence-electron chi connectivity index (χ2n) is 7.47. The van der Waals surface area contributed by atoms with Crippen molar-refractivity contribution in [3.63, 3.8) is 0 Å². The first-order valence-electron chi connectivity index (χ1n) is 9.12. The first kappa shape index (κ1) is 17.5. The number of fused-ring (bicyclic) bond motifs is 1. The van der Waals surface area contributed by atoms with Crippen LogP contribution in [0.3, 0.4) is 0 Å². The molecule has 0 N–H and O–H groups in total. The maximum absolute atomic E-state index is 13.0. The summed E-state index contributed by atoms with van der Waals surface area (Å²) in [5, 5.41) is 10.3. The average Bonchev–Trinajstić information content (AvgIpc) is 3.03. The molecule has 27 heavy (non-hydrogen) atoms. The summed E-state index contributed by atoms with van der Waals surface area (Å²) in [5.74, 6) is -0.574. The lowest BCUT2D eigenvalue weighted by Gasteiger charge is -2.29. The Labute approximate surface area is 159 Å². The van der Waals surface area contributed by atoms with E-state index in [1.807, 2.05) is 31.2 Å². The van der Waals surface area contributed by atoms with Gasteiger partial charge in [-0.1, -0.05) is 52.7 Å². The molecule has 5 nitrogen and oxygen atoms in total. The van der Waals surface area contributed by atoms with Crippen molar-refractivity contribution in [2.24, 2.45) is 16.2 Å². The highest BCUT2D eigenvalue weighted by atomic mass is 16.6. The van der Waals surface area contributed by atoms with Gasteiger partial charge in [-0.05, 0) is 38.8 Å². The molecular weight excluding hydrogens is 338 g/mol. The fourth-order valence-electron chi connectivity index (χ4n) is 4.03. The van der Waals surface area contributed by atoms with Crippen LogP contribution in [-0.4, -0.2) is 35.5 Å². The van der Waals surface area contributed by atoms with Crippen LogP contribution in [0.2, 0.25) is 0 Å². The first-order chi connectivity index (χ1) is 12.9. The molecule has 0 radical (unpaired) electrons. The Morgan fingerprint density at radius 3 is 2.19 bits per heavy atom. The minimum Gasteiger partial charge on any atom is -0.384 e. The predicted molar refractivity (Wildman–Crippen MR) is 106 cm³/mol. The topological polar surface area (TPSA) is 54.3 Å². The zero-order chi connectivity index (χ0) is 19.3. The Morgan fingerprint density at radius 2 is 1.56 bits per heavy atom. The summed E-state index contributed by atoms with van der Waals surface area (Å²) in [5.41, 5.74) is 7.96. The summed E-state index contributed by atoms with van der Waals surface area (Å²) in [6.45, 7) is 8.22. The number of nitrogens with zero attached hydrogens (tertiary/aromatic N) is 3. The summed E-state index contributed by atoms with van der Waals surface area (Å²) in [6.07, 6.45) is -0.494. The van der Waals surface area contributed by atoms with Gasteiger partial charge in [0.25, 0.3) is 5.91 Å². The molecule has 0 aliphatic carbocycles. The highest BCUT2D eigenvalue weighted by Gasteiger charge is 2.48. The molecule has 2 aromatic rings. The maximum atomic E-state index is 13.0. The lowest BCUT2D eigenvalue weighted by atomic mass is 9.83. The van der Waals surface area contributed by atoms with Crippen molar-refractivity contribution in [1.82, 2.24) is 5.01 Å². The fourth-order valence-corrected chi connectivity index (χ4v) is 4.03. The second-order valence-corrected chi connectivity index (χ2v) is 7.47. The van der Waals surface area contributed by atoms with E-state index in [9.17, 15) is 4.79 Å². The number of hydrazone groups is 1. The van der Waals surface area contributed by atoms with Crippen LogP contribution < -0.4 is 0 Å².